The monoisotopic (exact) mass is 552 g/mol. The summed E-state index contributed by atoms with van der Waals surface area (Å²) in [5.74, 6) is 1.55. The van der Waals surface area contributed by atoms with Gasteiger partial charge >= 0.3 is 0 Å². The Balaban J connectivity index is 1.19. The summed E-state index contributed by atoms with van der Waals surface area (Å²) in [6, 6.07) is 38.5. The standard InChI is InChI=1S/C39H28N4/c1-2-11-25(12-3-1)26-14-10-15-28(21-26)37-40-23-33-34-24-41-38(43-36(34)39(35(33)42-37)19-8-9-20-39)32-22-27-13-4-5-16-29(27)30-17-6-7-18-31(30)32/h1-7,10-18,21-24H,8-9,19-20H2. The molecule has 7 aromatic rings. The minimum atomic E-state index is -0.205. The smallest absolute Gasteiger partial charge is 0.160 e. The van der Waals surface area contributed by atoms with Gasteiger partial charge in [-0.25, -0.2) is 19.9 Å². The van der Waals surface area contributed by atoms with Crippen LogP contribution in [-0.2, 0) is 5.41 Å². The van der Waals surface area contributed by atoms with Crippen LogP contribution in [0.15, 0.2) is 122 Å². The van der Waals surface area contributed by atoms with Crippen molar-refractivity contribution in [2.75, 3.05) is 0 Å². The van der Waals surface area contributed by atoms with Gasteiger partial charge in [-0.2, -0.15) is 0 Å². The van der Waals surface area contributed by atoms with Crippen molar-refractivity contribution in [3.8, 4) is 45.0 Å². The van der Waals surface area contributed by atoms with Crippen LogP contribution in [0.2, 0.25) is 0 Å². The van der Waals surface area contributed by atoms with E-state index in [1.165, 1.54) is 45.5 Å². The number of nitrogens with zero attached hydrogens (tertiary/aromatic N) is 4. The second-order valence-corrected chi connectivity index (χ2v) is 11.8. The highest BCUT2D eigenvalue weighted by Gasteiger charge is 2.48. The molecule has 2 heterocycles. The molecule has 0 bridgehead atoms. The summed E-state index contributed by atoms with van der Waals surface area (Å²) in [4.78, 5) is 20.6. The minimum absolute atomic E-state index is 0.205. The lowest BCUT2D eigenvalue weighted by Crippen LogP contribution is -2.24. The Morgan fingerprint density at radius 2 is 1.07 bits per heavy atom. The topological polar surface area (TPSA) is 51.6 Å². The van der Waals surface area contributed by atoms with Gasteiger partial charge < -0.3 is 0 Å². The third kappa shape index (κ3) is 3.69. The van der Waals surface area contributed by atoms with Gasteiger partial charge in [-0.1, -0.05) is 110 Å². The van der Waals surface area contributed by atoms with Crippen molar-refractivity contribution in [3.63, 3.8) is 0 Å². The fraction of sp³-hybridized carbons (Fsp3) is 0.128. The van der Waals surface area contributed by atoms with E-state index in [1.807, 2.05) is 18.5 Å². The highest BCUT2D eigenvalue weighted by Crippen LogP contribution is 2.55. The molecule has 4 heteroatoms. The van der Waals surface area contributed by atoms with E-state index in [9.17, 15) is 0 Å². The molecule has 0 unspecified atom stereocenters. The molecular weight excluding hydrogens is 524 g/mol. The summed E-state index contributed by atoms with van der Waals surface area (Å²) >= 11 is 0. The maximum absolute atomic E-state index is 5.41. The van der Waals surface area contributed by atoms with E-state index >= 15 is 0 Å². The van der Waals surface area contributed by atoms with Crippen molar-refractivity contribution in [2.45, 2.75) is 31.1 Å². The number of benzene rings is 5. The van der Waals surface area contributed by atoms with E-state index in [2.05, 4.69) is 103 Å². The summed E-state index contributed by atoms with van der Waals surface area (Å²) in [5, 5.41) is 4.86. The Bertz CT molecular complexity index is 2200. The lowest BCUT2D eigenvalue weighted by atomic mass is 9.82. The average Bonchev–Trinajstić information content (AvgIpc) is 3.68. The number of hydrogen-bond donors (Lipinski definition) is 0. The summed E-state index contributed by atoms with van der Waals surface area (Å²) in [5.41, 5.74) is 8.65. The van der Waals surface area contributed by atoms with Crippen LogP contribution in [0, 0.1) is 0 Å². The van der Waals surface area contributed by atoms with Gasteiger partial charge in [-0.3, -0.25) is 0 Å². The quantitative estimate of drug-likeness (QED) is 0.205. The zero-order valence-corrected chi connectivity index (χ0v) is 23.7. The summed E-state index contributed by atoms with van der Waals surface area (Å²) in [7, 11) is 0. The predicted octanol–water partition coefficient (Wildman–Crippen LogP) is 9.41. The number of aromatic nitrogens is 4. The number of fused-ring (bicyclic) bond motifs is 8. The Morgan fingerprint density at radius 1 is 0.465 bits per heavy atom. The first-order valence-corrected chi connectivity index (χ1v) is 15.1. The van der Waals surface area contributed by atoms with E-state index in [4.69, 9.17) is 19.9 Å². The summed E-state index contributed by atoms with van der Waals surface area (Å²) < 4.78 is 0. The van der Waals surface area contributed by atoms with Crippen molar-refractivity contribution < 1.29 is 0 Å². The molecular formula is C39H28N4. The van der Waals surface area contributed by atoms with Crippen LogP contribution in [0.1, 0.15) is 37.1 Å². The van der Waals surface area contributed by atoms with E-state index in [-0.39, 0.29) is 5.41 Å². The van der Waals surface area contributed by atoms with Crippen LogP contribution >= 0.6 is 0 Å². The first-order chi connectivity index (χ1) is 21.3. The van der Waals surface area contributed by atoms with E-state index in [1.54, 1.807) is 0 Å². The van der Waals surface area contributed by atoms with Crippen molar-refractivity contribution in [1.82, 2.24) is 19.9 Å². The molecule has 5 aromatic carbocycles. The molecule has 0 radical (unpaired) electrons. The molecule has 1 fully saturated rings. The molecule has 0 N–H and O–H groups in total. The largest absolute Gasteiger partial charge is 0.236 e. The zero-order chi connectivity index (χ0) is 28.4. The Kier molecular flexibility index (Phi) is 5.33. The van der Waals surface area contributed by atoms with Gasteiger partial charge in [0.1, 0.15) is 0 Å². The van der Waals surface area contributed by atoms with Crippen LogP contribution in [0.5, 0.6) is 0 Å². The third-order valence-corrected chi connectivity index (χ3v) is 9.47. The average molecular weight is 553 g/mol. The molecule has 4 nitrogen and oxygen atoms in total. The zero-order valence-electron chi connectivity index (χ0n) is 23.7. The first kappa shape index (κ1) is 24.4. The van der Waals surface area contributed by atoms with Crippen molar-refractivity contribution >= 4 is 21.5 Å². The van der Waals surface area contributed by atoms with Gasteiger partial charge in [-0.15, -0.1) is 0 Å². The van der Waals surface area contributed by atoms with Gasteiger partial charge in [0, 0.05) is 34.6 Å². The molecule has 0 atom stereocenters. The molecule has 43 heavy (non-hydrogen) atoms. The molecule has 9 rings (SSSR count). The lowest BCUT2D eigenvalue weighted by Gasteiger charge is -2.24. The maximum Gasteiger partial charge on any atom is 0.160 e. The lowest BCUT2D eigenvalue weighted by molar-refractivity contribution is 0.517. The van der Waals surface area contributed by atoms with Gasteiger partial charge in [0.25, 0.3) is 0 Å². The van der Waals surface area contributed by atoms with Crippen molar-refractivity contribution in [1.29, 1.82) is 0 Å². The van der Waals surface area contributed by atoms with Gasteiger partial charge in [0.15, 0.2) is 11.6 Å². The number of rotatable bonds is 3. The van der Waals surface area contributed by atoms with Crippen LogP contribution in [0.3, 0.4) is 0 Å². The maximum atomic E-state index is 5.41. The summed E-state index contributed by atoms with van der Waals surface area (Å²) in [6.45, 7) is 0. The molecule has 2 aliphatic rings. The van der Waals surface area contributed by atoms with E-state index in [0.29, 0.717) is 0 Å². The Hall–Kier alpha value is -5.22. The Labute approximate surface area is 250 Å². The van der Waals surface area contributed by atoms with E-state index in [0.717, 1.165) is 58.1 Å². The minimum Gasteiger partial charge on any atom is -0.236 e. The first-order valence-electron chi connectivity index (χ1n) is 15.1. The van der Waals surface area contributed by atoms with Gasteiger partial charge in [0.2, 0.25) is 0 Å². The summed E-state index contributed by atoms with van der Waals surface area (Å²) in [6.07, 6.45) is 8.45. The van der Waals surface area contributed by atoms with Crippen LogP contribution < -0.4 is 0 Å². The third-order valence-electron chi connectivity index (χ3n) is 9.47. The van der Waals surface area contributed by atoms with E-state index < -0.39 is 0 Å². The molecule has 1 saturated carbocycles. The Morgan fingerprint density at radius 3 is 1.86 bits per heavy atom. The van der Waals surface area contributed by atoms with Gasteiger partial charge in [-0.05, 0) is 57.6 Å². The molecule has 1 spiro atoms. The van der Waals surface area contributed by atoms with Crippen molar-refractivity contribution in [3.05, 3.63) is 133 Å². The fourth-order valence-electron chi connectivity index (χ4n) is 7.43. The molecule has 204 valence electrons. The van der Waals surface area contributed by atoms with Crippen molar-refractivity contribution in [2.24, 2.45) is 0 Å². The highest BCUT2D eigenvalue weighted by atomic mass is 15.0. The fourth-order valence-corrected chi connectivity index (χ4v) is 7.43. The molecule has 2 aromatic heterocycles. The van der Waals surface area contributed by atoms with Gasteiger partial charge in [0.05, 0.1) is 16.8 Å². The predicted molar refractivity (Wildman–Crippen MR) is 174 cm³/mol. The van der Waals surface area contributed by atoms with Crippen LogP contribution in [0.25, 0.3) is 66.6 Å². The second kappa shape index (κ2) is 9.40. The molecule has 2 aliphatic carbocycles. The molecule has 0 saturated heterocycles. The second-order valence-electron chi connectivity index (χ2n) is 11.8. The molecule has 0 aliphatic heterocycles. The van der Waals surface area contributed by atoms with Crippen LogP contribution in [0.4, 0.5) is 0 Å². The molecule has 0 amide bonds. The number of hydrogen-bond acceptors (Lipinski definition) is 4. The SMILES string of the molecule is c1ccc(-c2cccc(-c3ncc4c(n3)C3(CCCC3)c3nc(-c5cc6ccccc6c6ccccc56)ncc3-4)c2)cc1. The highest BCUT2D eigenvalue weighted by molar-refractivity contribution is 6.13. The van der Waals surface area contributed by atoms with Crippen LogP contribution in [-0.4, -0.2) is 19.9 Å². The normalized spacial score (nSPS) is 14.8.